The standard InChI is InChI=1S/C23H26N8/c1-3-19-23(28-16-6-4-5-7-16)30-20-18(12-26-22(24)21(20)29-19)15-11-27-31(13-15)17-8-9-25-14(2)10-17/h8-13,16H,3-7H2,1-2H3,(H2,24,26)(H,28,30). The van der Waals surface area contributed by atoms with E-state index < -0.39 is 0 Å². The summed E-state index contributed by atoms with van der Waals surface area (Å²) in [6.45, 7) is 4.05. The highest BCUT2D eigenvalue weighted by atomic mass is 15.3. The highest BCUT2D eigenvalue weighted by molar-refractivity contribution is 5.96. The van der Waals surface area contributed by atoms with Gasteiger partial charge in [-0.3, -0.25) is 4.98 Å². The number of rotatable bonds is 5. The third-order valence-electron chi connectivity index (χ3n) is 5.87. The summed E-state index contributed by atoms with van der Waals surface area (Å²) in [4.78, 5) is 18.5. The molecule has 0 atom stereocenters. The molecule has 0 aromatic carbocycles. The predicted octanol–water partition coefficient (Wildman–Crippen LogP) is 4.08. The minimum absolute atomic E-state index is 0.394. The Labute approximate surface area is 181 Å². The smallest absolute Gasteiger partial charge is 0.151 e. The Morgan fingerprint density at radius 2 is 1.97 bits per heavy atom. The lowest BCUT2D eigenvalue weighted by molar-refractivity contribution is 0.747. The average Bonchev–Trinajstić information content (AvgIpc) is 3.46. The molecule has 4 heterocycles. The zero-order chi connectivity index (χ0) is 21.4. The largest absolute Gasteiger partial charge is 0.382 e. The fourth-order valence-corrected chi connectivity index (χ4v) is 4.21. The normalized spacial score (nSPS) is 14.4. The van der Waals surface area contributed by atoms with Gasteiger partial charge in [0.1, 0.15) is 16.9 Å². The molecule has 1 fully saturated rings. The van der Waals surface area contributed by atoms with Crippen LogP contribution in [0.3, 0.4) is 0 Å². The van der Waals surface area contributed by atoms with Gasteiger partial charge in [0.2, 0.25) is 0 Å². The van der Waals surface area contributed by atoms with Gasteiger partial charge in [-0.15, -0.1) is 0 Å². The molecule has 1 saturated carbocycles. The Morgan fingerprint density at radius 3 is 2.74 bits per heavy atom. The van der Waals surface area contributed by atoms with Gasteiger partial charge in [-0.1, -0.05) is 19.8 Å². The van der Waals surface area contributed by atoms with Crippen LogP contribution < -0.4 is 11.1 Å². The molecule has 4 aromatic rings. The molecule has 158 valence electrons. The third-order valence-corrected chi connectivity index (χ3v) is 5.87. The minimum Gasteiger partial charge on any atom is -0.382 e. The molecule has 4 aromatic heterocycles. The number of pyridine rings is 2. The van der Waals surface area contributed by atoms with E-state index in [2.05, 4.69) is 27.3 Å². The van der Waals surface area contributed by atoms with Crippen molar-refractivity contribution in [1.29, 1.82) is 0 Å². The van der Waals surface area contributed by atoms with Crippen molar-refractivity contribution in [3.63, 3.8) is 0 Å². The molecular weight excluding hydrogens is 388 g/mol. The van der Waals surface area contributed by atoms with Crippen LogP contribution >= 0.6 is 0 Å². The first-order valence-corrected chi connectivity index (χ1v) is 10.8. The van der Waals surface area contributed by atoms with E-state index >= 15 is 0 Å². The van der Waals surface area contributed by atoms with Crippen LogP contribution in [0.5, 0.6) is 0 Å². The van der Waals surface area contributed by atoms with Crippen LogP contribution in [0.15, 0.2) is 36.9 Å². The highest BCUT2D eigenvalue weighted by Gasteiger charge is 2.20. The maximum atomic E-state index is 6.19. The van der Waals surface area contributed by atoms with E-state index in [0.29, 0.717) is 17.4 Å². The predicted molar refractivity (Wildman–Crippen MR) is 122 cm³/mol. The monoisotopic (exact) mass is 414 g/mol. The summed E-state index contributed by atoms with van der Waals surface area (Å²) in [6.07, 6.45) is 13.0. The van der Waals surface area contributed by atoms with Gasteiger partial charge < -0.3 is 11.1 Å². The van der Waals surface area contributed by atoms with E-state index in [-0.39, 0.29) is 0 Å². The van der Waals surface area contributed by atoms with E-state index in [1.807, 2.05) is 36.1 Å². The Bertz CT molecular complexity index is 1240. The van der Waals surface area contributed by atoms with Gasteiger partial charge in [-0.2, -0.15) is 5.10 Å². The summed E-state index contributed by atoms with van der Waals surface area (Å²) in [5.41, 5.74) is 12.2. The first kappa shape index (κ1) is 19.4. The zero-order valence-electron chi connectivity index (χ0n) is 17.8. The molecule has 0 radical (unpaired) electrons. The Hall–Kier alpha value is -3.55. The van der Waals surface area contributed by atoms with Gasteiger partial charge in [0.25, 0.3) is 0 Å². The molecule has 0 unspecified atom stereocenters. The number of nitrogens with zero attached hydrogens (tertiary/aromatic N) is 6. The number of nitrogens with two attached hydrogens (primary N) is 1. The van der Waals surface area contributed by atoms with Crippen LogP contribution in [-0.2, 0) is 6.42 Å². The van der Waals surface area contributed by atoms with Crippen molar-refractivity contribution in [2.24, 2.45) is 0 Å². The molecule has 1 aliphatic rings. The van der Waals surface area contributed by atoms with E-state index in [4.69, 9.17) is 15.7 Å². The Morgan fingerprint density at radius 1 is 1.13 bits per heavy atom. The van der Waals surface area contributed by atoms with Crippen LogP contribution in [0.2, 0.25) is 0 Å². The van der Waals surface area contributed by atoms with Gasteiger partial charge in [0.05, 0.1) is 17.6 Å². The molecule has 1 aliphatic carbocycles. The van der Waals surface area contributed by atoms with Crippen LogP contribution in [0.4, 0.5) is 11.6 Å². The summed E-state index contributed by atoms with van der Waals surface area (Å²) in [5.74, 6) is 1.25. The lowest BCUT2D eigenvalue weighted by Crippen LogP contribution is -2.18. The lowest BCUT2D eigenvalue weighted by Gasteiger charge is -2.17. The number of nitrogen functional groups attached to an aromatic ring is 1. The molecule has 31 heavy (non-hydrogen) atoms. The van der Waals surface area contributed by atoms with Gasteiger partial charge >= 0.3 is 0 Å². The number of nitrogens with one attached hydrogen (secondary N) is 1. The number of fused-ring (bicyclic) bond motifs is 1. The van der Waals surface area contributed by atoms with Gasteiger partial charge in [0.15, 0.2) is 5.82 Å². The van der Waals surface area contributed by atoms with Crippen molar-refractivity contribution in [1.82, 2.24) is 29.7 Å². The molecular formula is C23H26N8. The van der Waals surface area contributed by atoms with Gasteiger partial charge in [0, 0.05) is 41.5 Å². The molecule has 0 saturated heterocycles. The highest BCUT2D eigenvalue weighted by Crippen LogP contribution is 2.32. The van der Waals surface area contributed by atoms with E-state index in [0.717, 1.165) is 46.0 Å². The molecule has 5 rings (SSSR count). The second kappa shape index (κ2) is 7.94. The SMILES string of the molecule is CCc1nc2c(N)ncc(-c3cnn(-c4ccnc(C)c4)c3)c2nc1NC1CCCC1. The lowest BCUT2D eigenvalue weighted by atomic mass is 10.1. The Kier molecular flexibility index (Phi) is 4.97. The first-order chi connectivity index (χ1) is 15.1. The van der Waals surface area contributed by atoms with E-state index in [1.165, 1.54) is 25.7 Å². The number of hydrogen-bond donors (Lipinski definition) is 2. The summed E-state index contributed by atoms with van der Waals surface area (Å²) in [7, 11) is 0. The van der Waals surface area contributed by atoms with Crippen molar-refractivity contribution in [2.75, 3.05) is 11.1 Å². The molecule has 0 amide bonds. The summed E-state index contributed by atoms with van der Waals surface area (Å²) < 4.78 is 1.83. The van der Waals surface area contributed by atoms with Gasteiger partial charge in [-0.05, 0) is 38.3 Å². The van der Waals surface area contributed by atoms with Gasteiger partial charge in [-0.25, -0.2) is 19.6 Å². The van der Waals surface area contributed by atoms with Crippen LogP contribution in [-0.4, -0.2) is 35.8 Å². The Balaban J connectivity index is 1.61. The quantitative estimate of drug-likeness (QED) is 0.506. The fraction of sp³-hybridized carbons (Fsp3) is 0.348. The van der Waals surface area contributed by atoms with Crippen molar-refractivity contribution >= 4 is 22.7 Å². The fourth-order valence-electron chi connectivity index (χ4n) is 4.21. The van der Waals surface area contributed by atoms with E-state index in [9.17, 15) is 0 Å². The van der Waals surface area contributed by atoms with Crippen molar-refractivity contribution in [3.8, 4) is 16.8 Å². The topological polar surface area (TPSA) is 107 Å². The van der Waals surface area contributed by atoms with Crippen molar-refractivity contribution in [2.45, 2.75) is 52.0 Å². The molecule has 3 N–H and O–H groups in total. The maximum absolute atomic E-state index is 6.19. The number of aromatic nitrogens is 6. The zero-order valence-corrected chi connectivity index (χ0v) is 17.8. The van der Waals surface area contributed by atoms with Crippen LogP contribution in [0.1, 0.15) is 44.0 Å². The second-order valence-electron chi connectivity index (χ2n) is 8.08. The third kappa shape index (κ3) is 3.69. The molecule has 8 heteroatoms. The van der Waals surface area contributed by atoms with Crippen molar-refractivity contribution < 1.29 is 0 Å². The summed E-state index contributed by atoms with van der Waals surface area (Å²) >= 11 is 0. The number of anilines is 2. The number of aryl methyl sites for hydroxylation is 2. The van der Waals surface area contributed by atoms with Crippen LogP contribution in [0.25, 0.3) is 27.8 Å². The summed E-state index contributed by atoms with van der Waals surface area (Å²) in [5, 5.41) is 8.16. The summed E-state index contributed by atoms with van der Waals surface area (Å²) in [6, 6.07) is 4.38. The first-order valence-electron chi connectivity index (χ1n) is 10.8. The second-order valence-corrected chi connectivity index (χ2v) is 8.08. The van der Waals surface area contributed by atoms with Crippen molar-refractivity contribution in [3.05, 3.63) is 48.3 Å². The number of hydrogen-bond acceptors (Lipinski definition) is 7. The van der Waals surface area contributed by atoms with Crippen LogP contribution in [0, 0.1) is 6.92 Å². The molecule has 8 nitrogen and oxygen atoms in total. The van der Waals surface area contributed by atoms with E-state index in [1.54, 1.807) is 12.4 Å². The molecule has 0 bridgehead atoms. The molecule has 0 spiro atoms. The maximum Gasteiger partial charge on any atom is 0.151 e. The average molecular weight is 415 g/mol. The molecule has 0 aliphatic heterocycles. The minimum atomic E-state index is 0.394.